The molecular formula is C24H30F4N2. The van der Waals surface area contributed by atoms with Gasteiger partial charge in [0.2, 0.25) is 0 Å². The fourth-order valence-corrected chi connectivity index (χ4v) is 4.18. The van der Waals surface area contributed by atoms with Crippen LogP contribution < -0.4 is 5.32 Å². The summed E-state index contributed by atoms with van der Waals surface area (Å²) < 4.78 is 52.4. The molecule has 2 aromatic rings. The molecule has 1 aromatic carbocycles. The van der Waals surface area contributed by atoms with Crippen molar-refractivity contribution in [3.63, 3.8) is 0 Å². The molecule has 0 spiro atoms. The molecule has 0 bridgehead atoms. The molecule has 1 N–H and O–H groups in total. The zero-order valence-corrected chi connectivity index (χ0v) is 17.5. The van der Waals surface area contributed by atoms with E-state index in [1.807, 2.05) is 6.92 Å². The highest BCUT2D eigenvalue weighted by Gasteiger charge is 2.34. The second kappa shape index (κ2) is 10.3. The van der Waals surface area contributed by atoms with Gasteiger partial charge in [0, 0.05) is 12.2 Å². The topological polar surface area (TPSA) is 24.9 Å². The van der Waals surface area contributed by atoms with E-state index in [4.69, 9.17) is 4.98 Å². The fourth-order valence-electron chi connectivity index (χ4n) is 4.18. The molecule has 0 radical (unpaired) electrons. The summed E-state index contributed by atoms with van der Waals surface area (Å²) >= 11 is 0. The van der Waals surface area contributed by atoms with E-state index in [-0.39, 0.29) is 5.92 Å². The number of benzene rings is 1. The molecule has 1 atom stereocenters. The van der Waals surface area contributed by atoms with Crippen LogP contribution in [0.3, 0.4) is 0 Å². The van der Waals surface area contributed by atoms with Crippen molar-refractivity contribution in [2.45, 2.75) is 76.8 Å². The van der Waals surface area contributed by atoms with Crippen LogP contribution in [0.1, 0.15) is 80.2 Å². The predicted octanol–water partition coefficient (Wildman–Crippen LogP) is 7.28. The molecule has 2 heterocycles. The first-order valence-corrected chi connectivity index (χ1v) is 11.0. The van der Waals surface area contributed by atoms with Crippen LogP contribution in [-0.2, 0) is 19.0 Å². The molecule has 6 heteroatoms. The number of halogens is 4. The van der Waals surface area contributed by atoms with E-state index in [1.165, 1.54) is 11.6 Å². The molecular weight excluding hydrogens is 392 g/mol. The number of nitrogens with zero attached hydrogens (tertiary/aromatic N) is 1. The predicted molar refractivity (Wildman–Crippen MR) is 112 cm³/mol. The van der Waals surface area contributed by atoms with Crippen molar-refractivity contribution in [2.24, 2.45) is 0 Å². The van der Waals surface area contributed by atoms with Gasteiger partial charge in [-0.05, 0) is 73.8 Å². The van der Waals surface area contributed by atoms with Crippen molar-refractivity contribution in [3.8, 4) is 0 Å². The number of hydrogen-bond acceptors (Lipinski definition) is 2. The Hall–Kier alpha value is -2.11. The lowest BCUT2D eigenvalue weighted by Gasteiger charge is -2.18. The summed E-state index contributed by atoms with van der Waals surface area (Å²) in [7, 11) is 0. The molecule has 164 valence electrons. The summed E-state index contributed by atoms with van der Waals surface area (Å²) in [5.41, 5.74) is 1.83. The number of unbranched alkanes of at least 4 members (excludes halogenated alkanes) is 3. The minimum Gasteiger partial charge on any atom is -0.370 e. The number of aromatic nitrogens is 1. The first kappa shape index (κ1) is 22.6. The smallest absolute Gasteiger partial charge is 0.370 e. The summed E-state index contributed by atoms with van der Waals surface area (Å²) in [4.78, 5) is 4.71. The molecule has 30 heavy (non-hydrogen) atoms. The van der Waals surface area contributed by atoms with E-state index < -0.39 is 17.6 Å². The van der Waals surface area contributed by atoms with Crippen LogP contribution in [0.25, 0.3) is 0 Å². The Morgan fingerprint density at radius 1 is 1.07 bits per heavy atom. The SMILES string of the molecule is CCC(CCCCCCc1ccc2c(n1)NCCC2)c1ccc(F)c(C(F)(F)F)c1. The van der Waals surface area contributed by atoms with Gasteiger partial charge in [-0.1, -0.05) is 38.3 Å². The minimum absolute atomic E-state index is 0.0279. The van der Waals surface area contributed by atoms with Gasteiger partial charge in [-0.25, -0.2) is 9.37 Å². The first-order chi connectivity index (χ1) is 14.4. The number of nitrogens with one attached hydrogen (secondary N) is 1. The minimum atomic E-state index is -4.65. The number of anilines is 1. The summed E-state index contributed by atoms with van der Waals surface area (Å²) in [6.45, 7) is 2.96. The van der Waals surface area contributed by atoms with Crippen LogP contribution >= 0.6 is 0 Å². The number of hydrogen-bond donors (Lipinski definition) is 1. The van der Waals surface area contributed by atoms with Gasteiger partial charge < -0.3 is 5.32 Å². The monoisotopic (exact) mass is 422 g/mol. The van der Waals surface area contributed by atoms with Crippen LogP contribution in [0.15, 0.2) is 30.3 Å². The molecule has 1 aromatic heterocycles. The number of rotatable bonds is 9. The summed E-state index contributed by atoms with van der Waals surface area (Å²) in [6, 6.07) is 7.72. The molecule has 0 saturated carbocycles. The van der Waals surface area contributed by atoms with E-state index in [0.717, 1.165) is 88.0 Å². The molecule has 1 aliphatic heterocycles. The van der Waals surface area contributed by atoms with E-state index in [2.05, 4.69) is 17.4 Å². The largest absolute Gasteiger partial charge is 0.419 e. The van der Waals surface area contributed by atoms with Gasteiger partial charge in [0.1, 0.15) is 11.6 Å². The molecule has 2 nitrogen and oxygen atoms in total. The van der Waals surface area contributed by atoms with Crippen LogP contribution in [0.2, 0.25) is 0 Å². The molecule has 1 unspecified atom stereocenters. The third kappa shape index (κ3) is 5.96. The van der Waals surface area contributed by atoms with Gasteiger partial charge in [-0.2, -0.15) is 13.2 Å². The number of alkyl halides is 3. The standard InChI is InChI=1S/C24H30F4N2/c1-2-17(19-12-14-22(25)21(16-19)24(26,27)28)8-5-3-4-6-10-20-13-11-18-9-7-15-29-23(18)30-20/h11-14,16-17H,2-10,15H2,1H3,(H,29,30). The summed E-state index contributed by atoms with van der Waals surface area (Å²) in [6.07, 6.45) is 4.21. The molecule has 3 rings (SSSR count). The lowest BCUT2D eigenvalue weighted by molar-refractivity contribution is -0.140. The normalized spacial score (nSPS) is 14.8. The zero-order valence-electron chi connectivity index (χ0n) is 17.5. The van der Waals surface area contributed by atoms with Crippen molar-refractivity contribution in [1.82, 2.24) is 4.98 Å². The molecule has 0 aliphatic carbocycles. The van der Waals surface area contributed by atoms with Gasteiger partial charge in [-0.3, -0.25) is 0 Å². The average molecular weight is 423 g/mol. The van der Waals surface area contributed by atoms with Gasteiger partial charge >= 0.3 is 6.18 Å². The second-order valence-corrected chi connectivity index (χ2v) is 8.14. The first-order valence-electron chi connectivity index (χ1n) is 11.0. The molecule has 0 saturated heterocycles. The quantitative estimate of drug-likeness (QED) is 0.339. The Balaban J connectivity index is 1.43. The highest BCUT2D eigenvalue weighted by Crippen LogP contribution is 2.35. The van der Waals surface area contributed by atoms with Crippen LogP contribution in [0.4, 0.5) is 23.4 Å². The maximum absolute atomic E-state index is 13.5. The Labute approximate surface area is 176 Å². The van der Waals surface area contributed by atoms with Crippen LogP contribution in [0, 0.1) is 5.82 Å². The summed E-state index contributed by atoms with van der Waals surface area (Å²) in [5.74, 6) is -0.144. The lowest BCUT2D eigenvalue weighted by atomic mass is 9.89. The highest BCUT2D eigenvalue weighted by molar-refractivity contribution is 5.47. The van der Waals surface area contributed by atoms with Gasteiger partial charge in [0.15, 0.2) is 0 Å². The van der Waals surface area contributed by atoms with Crippen molar-refractivity contribution in [3.05, 3.63) is 58.5 Å². The van der Waals surface area contributed by atoms with Crippen molar-refractivity contribution in [1.29, 1.82) is 0 Å². The third-order valence-electron chi connectivity index (χ3n) is 5.95. The second-order valence-electron chi connectivity index (χ2n) is 8.14. The lowest BCUT2D eigenvalue weighted by Crippen LogP contribution is -2.13. The van der Waals surface area contributed by atoms with Gasteiger partial charge in [0.05, 0.1) is 5.56 Å². The van der Waals surface area contributed by atoms with Gasteiger partial charge in [0.25, 0.3) is 0 Å². The van der Waals surface area contributed by atoms with E-state index in [9.17, 15) is 17.6 Å². The number of fused-ring (bicyclic) bond motifs is 1. The van der Waals surface area contributed by atoms with E-state index in [0.29, 0.717) is 5.56 Å². The van der Waals surface area contributed by atoms with Gasteiger partial charge in [-0.15, -0.1) is 0 Å². The van der Waals surface area contributed by atoms with Crippen molar-refractivity contribution < 1.29 is 17.6 Å². The number of pyridine rings is 1. The Morgan fingerprint density at radius 3 is 2.63 bits per heavy atom. The maximum Gasteiger partial charge on any atom is 0.419 e. The van der Waals surface area contributed by atoms with E-state index in [1.54, 1.807) is 0 Å². The fraction of sp³-hybridized carbons (Fsp3) is 0.542. The molecule has 0 amide bonds. The Kier molecular flexibility index (Phi) is 7.73. The molecule has 1 aliphatic rings. The third-order valence-corrected chi connectivity index (χ3v) is 5.95. The zero-order chi connectivity index (χ0) is 21.6. The van der Waals surface area contributed by atoms with Crippen LogP contribution in [0.5, 0.6) is 0 Å². The van der Waals surface area contributed by atoms with Crippen molar-refractivity contribution in [2.75, 3.05) is 11.9 Å². The number of aryl methyl sites for hydroxylation is 2. The highest BCUT2D eigenvalue weighted by atomic mass is 19.4. The Morgan fingerprint density at radius 2 is 1.87 bits per heavy atom. The van der Waals surface area contributed by atoms with Crippen molar-refractivity contribution >= 4 is 5.82 Å². The maximum atomic E-state index is 13.5. The van der Waals surface area contributed by atoms with Crippen LogP contribution in [-0.4, -0.2) is 11.5 Å². The Bertz CT molecular complexity index is 832. The average Bonchev–Trinajstić information content (AvgIpc) is 2.73. The summed E-state index contributed by atoms with van der Waals surface area (Å²) in [5, 5.41) is 3.36. The molecule has 0 fully saturated rings. The van der Waals surface area contributed by atoms with E-state index >= 15 is 0 Å².